The maximum Gasteiger partial charge on any atom is 0.416 e. The number of ketones is 1. The van der Waals surface area contributed by atoms with Gasteiger partial charge in [-0.25, -0.2) is 0 Å². The lowest BCUT2D eigenvalue weighted by Crippen LogP contribution is -2.18. The van der Waals surface area contributed by atoms with Crippen molar-refractivity contribution in [2.45, 2.75) is 6.18 Å². The number of rotatable bonds is 6. The van der Waals surface area contributed by atoms with Gasteiger partial charge in [0.1, 0.15) is 5.75 Å². The molecule has 0 unspecified atom stereocenters. The van der Waals surface area contributed by atoms with E-state index in [2.05, 4.69) is 15.6 Å². The Balaban J connectivity index is 2.19. The summed E-state index contributed by atoms with van der Waals surface area (Å²) < 4.78 is 42.7. The van der Waals surface area contributed by atoms with Crippen LogP contribution in [0.25, 0.3) is 0 Å². The van der Waals surface area contributed by atoms with Gasteiger partial charge in [0.15, 0.2) is 5.71 Å². The van der Waals surface area contributed by atoms with Gasteiger partial charge in [-0.15, -0.1) is 0 Å². The van der Waals surface area contributed by atoms with Gasteiger partial charge in [-0.3, -0.25) is 10.2 Å². The summed E-state index contributed by atoms with van der Waals surface area (Å²) in [7, 11) is 1.50. The Hall–Kier alpha value is -3.36. The number of benzene rings is 2. The number of Topliss-reactive ketones (excluding diaryl/α,β-unsaturated/α-hetero) is 1. The van der Waals surface area contributed by atoms with Crippen LogP contribution >= 0.6 is 0 Å². The van der Waals surface area contributed by atoms with Crippen molar-refractivity contribution in [3.63, 3.8) is 0 Å². The summed E-state index contributed by atoms with van der Waals surface area (Å²) in [6.07, 6.45) is -3.38. The van der Waals surface area contributed by atoms with Crippen LogP contribution in [0.3, 0.4) is 0 Å². The molecule has 0 saturated heterocycles. The third-order valence-corrected chi connectivity index (χ3v) is 3.30. The van der Waals surface area contributed by atoms with Crippen molar-refractivity contribution >= 4 is 23.4 Å². The molecule has 0 saturated carbocycles. The van der Waals surface area contributed by atoms with E-state index in [4.69, 9.17) is 10.6 Å². The van der Waals surface area contributed by atoms with E-state index in [0.29, 0.717) is 11.3 Å². The Morgan fingerprint density at radius 2 is 1.73 bits per heavy atom. The Morgan fingerprint density at radius 3 is 2.23 bits per heavy atom. The lowest BCUT2D eigenvalue weighted by atomic mass is 10.1. The number of hydrazone groups is 2. The summed E-state index contributed by atoms with van der Waals surface area (Å²) in [5, 5.41) is 7.15. The van der Waals surface area contributed by atoms with E-state index in [0.717, 1.165) is 18.3 Å². The molecule has 2 aromatic carbocycles. The number of methoxy groups -OCH3 is 1. The van der Waals surface area contributed by atoms with Gasteiger partial charge in [0.05, 0.1) is 24.6 Å². The molecule has 26 heavy (non-hydrogen) atoms. The van der Waals surface area contributed by atoms with Crippen LogP contribution in [0.1, 0.15) is 15.9 Å². The molecule has 0 fully saturated rings. The minimum absolute atomic E-state index is 0.113. The van der Waals surface area contributed by atoms with Crippen LogP contribution in [0, 0.1) is 0 Å². The first-order valence-corrected chi connectivity index (χ1v) is 7.28. The number of carbonyl (C=O) groups excluding carboxylic acids is 1. The summed E-state index contributed by atoms with van der Waals surface area (Å²) in [6.45, 7) is 0. The zero-order valence-corrected chi connectivity index (χ0v) is 13.6. The number of nitrogens with two attached hydrogens (primary N) is 1. The van der Waals surface area contributed by atoms with E-state index in [1.54, 1.807) is 24.3 Å². The monoisotopic (exact) mass is 364 g/mol. The normalized spacial score (nSPS) is 12.2. The topological polar surface area (TPSA) is 89.1 Å². The number of carbonyl (C=O) groups is 1. The van der Waals surface area contributed by atoms with Crippen molar-refractivity contribution in [3.8, 4) is 5.75 Å². The maximum absolute atomic E-state index is 12.5. The third-order valence-electron chi connectivity index (χ3n) is 3.30. The van der Waals surface area contributed by atoms with Crippen molar-refractivity contribution in [3.05, 3.63) is 59.7 Å². The van der Waals surface area contributed by atoms with Crippen LogP contribution in [0.4, 0.5) is 18.9 Å². The van der Waals surface area contributed by atoms with Gasteiger partial charge in [0, 0.05) is 5.56 Å². The standard InChI is InChI=1S/C17H15F3N4O2/c1-26-14-8-2-11(3-9-14)16(25)15(10-22-21)24-23-13-6-4-12(5-7-13)17(18,19)20/h2-10,23H,21H2,1H3. The predicted molar refractivity (Wildman–Crippen MR) is 92.5 cm³/mol. The van der Waals surface area contributed by atoms with Crippen molar-refractivity contribution < 1.29 is 22.7 Å². The Bertz CT molecular complexity index is 813. The molecule has 0 aliphatic heterocycles. The number of hydrogen-bond donors (Lipinski definition) is 2. The van der Waals surface area contributed by atoms with Crippen LogP contribution in [0.2, 0.25) is 0 Å². The predicted octanol–water partition coefficient (Wildman–Crippen LogP) is 3.31. The van der Waals surface area contributed by atoms with Crippen LogP contribution in [0.15, 0.2) is 58.7 Å². The highest BCUT2D eigenvalue weighted by Crippen LogP contribution is 2.29. The number of halogens is 3. The Morgan fingerprint density at radius 1 is 1.12 bits per heavy atom. The minimum atomic E-state index is -4.43. The lowest BCUT2D eigenvalue weighted by molar-refractivity contribution is -0.137. The smallest absolute Gasteiger partial charge is 0.416 e. The molecule has 0 aliphatic rings. The average Bonchev–Trinajstić information content (AvgIpc) is 2.64. The molecule has 0 aliphatic carbocycles. The number of ether oxygens (including phenoxy) is 1. The fourth-order valence-corrected chi connectivity index (χ4v) is 1.96. The minimum Gasteiger partial charge on any atom is -0.497 e. The SMILES string of the molecule is COc1ccc(C(=O)C(C=NN)=NNc2ccc(C(F)(F)F)cc2)cc1. The second-order valence-corrected chi connectivity index (χ2v) is 5.02. The number of alkyl halides is 3. The number of nitrogens with one attached hydrogen (secondary N) is 1. The molecule has 0 aromatic heterocycles. The van der Waals surface area contributed by atoms with E-state index in [1.807, 2.05) is 0 Å². The van der Waals surface area contributed by atoms with Gasteiger partial charge in [-0.2, -0.15) is 23.4 Å². The van der Waals surface area contributed by atoms with Crippen molar-refractivity contribution in [1.29, 1.82) is 0 Å². The van der Waals surface area contributed by atoms with Crippen LogP contribution < -0.4 is 16.0 Å². The highest BCUT2D eigenvalue weighted by molar-refractivity contribution is 6.64. The zero-order valence-electron chi connectivity index (χ0n) is 13.6. The molecule has 0 spiro atoms. The van der Waals surface area contributed by atoms with E-state index in [1.165, 1.54) is 19.2 Å². The first kappa shape index (κ1) is 19.0. The second kappa shape index (κ2) is 8.15. The molecule has 136 valence electrons. The zero-order chi connectivity index (χ0) is 19.2. The van der Waals surface area contributed by atoms with E-state index < -0.39 is 17.5 Å². The van der Waals surface area contributed by atoms with Crippen molar-refractivity contribution in [1.82, 2.24) is 0 Å². The molecular formula is C17H15F3N4O2. The van der Waals surface area contributed by atoms with Gasteiger partial charge in [0.2, 0.25) is 5.78 Å². The van der Waals surface area contributed by atoms with E-state index in [-0.39, 0.29) is 11.4 Å². The summed E-state index contributed by atoms with van der Waals surface area (Å²) in [4.78, 5) is 12.4. The number of nitrogens with zero attached hydrogens (tertiary/aromatic N) is 2. The Kier molecular flexibility index (Phi) is 5.94. The fourth-order valence-electron chi connectivity index (χ4n) is 1.96. The van der Waals surface area contributed by atoms with Crippen molar-refractivity contribution in [2.24, 2.45) is 16.0 Å². The fraction of sp³-hybridized carbons (Fsp3) is 0.118. The van der Waals surface area contributed by atoms with Gasteiger partial charge in [-0.05, 0) is 48.5 Å². The van der Waals surface area contributed by atoms with Crippen LogP contribution in [0.5, 0.6) is 5.75 Å². The number of anilines is 1. The first-order valence-electron chi connectivity index (χ1n) is 7.28. The summed E-state index contributed by atoms with van der Waals surface area (Å²) in [5.41, 5.74) is 2.19. The van der Waals surface area contributed by atoms with Gasteiger partial charge in [0.25, 0.3) is 0 Å². The number of hydrogen-bond acceptors (Lipinski definition) is 6. The van der Waals surface area contributed by atoms with E-state index >= 15 is 0 Å². The molecule has 2 aromatic rings. The second-order valence-electron chi connectivity index (χ2n) is 5.02. The summed E-state index contributed by atoms with van der Waals surface area (Å²) in [6, 6.07) is 10.5. The van der Waals surface area contributed by atoms with Crippen molar-refractivity contribution in [2.75, 3.05) is 12.5 Å². The highest BCUT2D eigenvalue weighted by Gasteiger charge is 2.29. The molecular weight excluding hydrogens is 349 g/mol. The molecule has 0 atom stereocenters. The Labute approximate surface area is 147 Å². The third kappa shape index (κ3) is 4.82. The summed E-state index contributed by atoms with van der Waals surface area (Å²) >= 11 is 0. The van der Waals surface area contributed by atoms with E-state index in [9.17, 15) is 18.0 Å². The largest absolute Gasteiger partial charge is 0.497 e. The highest BCUT2D eigenvalue weighted by atomic mass is 19.4. The maximum atomic E-state index is 12.5. The van der Waals surface area contributed by atoms with Gasteiger partial charge in [-0.1, -0.05) is 0 Å². The molecule has 0 heterocycles. The molecule has 0 bridgehead atoms. The van der Waals surface area contributed by atoms with Crippen LogP contribution in [-0.2, 0) is 6.18 Å². The molecule has 9 heteroatoms. The molecule has 0 amide bonds. The first-order chi connectivity index (χ1) is 12.3. The van der Waals surface area contributed by atoms with Crippen LogP contribution in [-0.4, -0.2) is 24.8 Å². The average molecular weight is 364 g/mol. The molecule has 6 nitrogen and oxygen atoms in total. The van der Waals surface area contributed by atoms with Gasteiger partial charge < -0.3 is 10.6 Å². The lowest BCUT2D eigenvalue weighted by Gasteiger charge is -2.08. The van der Waals surface area contributed by atoms with Gasteiger partial charge >= 0.3 is 6.18 Å². The molecule has 0 radical (unpaired) electrons. The summed E-state index contributed by atoms with van der Waals surface area (Å²) in [5.74, 6) is 5.20. The molecule has 3 N–H and O–H groups in total. The quantitative estimate of drug-likeness (QED) is 0.356. The molecule has 2 rings (SSSR count).